The van der Waals surface area contributed by atoms with Gasteiger partial charge in [-0.1, -0.05) is 5.21 Å². The molecule has 0 aliphatic rings. The monoisotopic (exact) mass is 301 g/mol. The van der Waals surface area contributed by atoms with E-state index in [1.165, 1.54) is 4.68 Å². The van der Waals surface area contributed by atoms with Crippen LogP contribution in [0.3, 0.4) is 0 Å². The van der Waals surface area contributed by atoms with Gasteiger partial charge in [0.25, 0.3) is 0 Å². The molecule has 20 heavy (non-hydrogen) atoms. The first-order valence-electron chi connectivity index (χ1n) is 5.82. The normalized spacial score (nSPS) is 11.9. The van der Waals surface area contributed by atoms with Gasteiger partial charge in [0.1, 0.15) is 4.90 Å². The van der Waals surface area contributed by atoms with Gasteiger partial charge in [-0.3, -0.25) is 4.68 Å². The molecule has 2 aromatic heterocycles. The highest BCUT2D eigenvalue weighted by molar-refractivity contribution is 7.89. The summed E-state index contributed by atoms with van der Waals surface area (Å²) in [5.41, 5.74) is 0.841. The number of aromatic amines is 1. The minimum Gasteiger partial charge on any atom is -0.394 e. The Labute approximate surface area is 115 Å². The maximum atomic E-state index is 12.3. The molecule has 110 valence electrons. The van der Waals surface area contributed by atoms with Crippen LogP contribution < -0.4 is 4.72 Å². The Morgan fingerprint density at radius 1 is 1.40 bits per heavy atom. The van der Waals surface area contributed by atoms with Crippen molar-refractivity contribution in [2.45, 2.75) is 31.8 Å². The maximum absolute atomic E-state index is 12.3. The molecule has 0 radical (unpaired) electrons. The van der Waals surface area contributed by atoms with Crippen molar-refractivity contribution in [3.05, 3.63) is 17.2 Å². The number of hydrogen-bond acceptors (Lipinski definition) is 7. The van der Waals surface area contributed by atoms with Crippen LogP contribution in [0.2, 0.25) is 0 Å². The smallest absolute Gasteiger partial charge is 0.244 e. The fourth-order valence-electron chi connectivity index (χ4n) is 1.87. The summed E-state index contributed by atoms with van der Waals surface area (Å²) in [4.78, 5) is 0.106. The van der Waals surface area contributed by atoms with Crippen molar-refractivity contribution in [2.24, 2.45) is 0 Å². The van der Waals surface area contributed by atoms with Crippen LogP contribution in [-0.2, 0) is 23.1 Å². The lowest BCUT2D eigenvalue weighted by molar-refractivity contribution is 0.267. The molecule has 10 nitrogen and oxygen atoms in total. The molecule has 0 saturated heterocycles. The predicted octanol–water partition coefficient (Wildman–Crippen LogP) is -1.52. The molecule has 0 aromatic carbocycles. The number of nitrogens with zero attached hydrogens (tertiary/aromatic N) is 5. The topological polar surface area (TPSA) is 139 Å². The lowest BCUT2D eigenvalue weighted by atomic mass is 10.4. The molecule has 2 rings (SSSR count). The van der Waals surface area contributed by atoms with Gasteiger partial charge in [0.05, 0.1) is 31.1 Å². The Hall–Kier alpha value is -1.85. The molecule has 0 bridgehead atoms. The first kappa shape index (κ1) is 14.6. The van der Waals surface area contributed by atoms with Crippen LogP contribution in [0, 0.1) is 13.8 Å². The van der Waals surface area contributed by atoms with Crippen molar-refractivity contribution in [2.75, 3.05) is 6.61 Å². The van der Waals surface area contributed by atoms with Gasteiger partial charge >= 0.3 is 0 Å². The number of tetrazole rings is 1. The zero-order chi connectivity index (χ0) is 14.8. The van der Waals surface area contributed by atoms with Crippen LogP contribution >= 0.6 is 0 Å². The Balaban J connectivity index is 2.25. The van der Waals surface area contributed by atoms with Crippen molar-refractivity contribution in [1.29, 1.82) is 0 Å². The second kappa shape index (κ2) is 5.64. The fourth-order valence-corrected chi connectivity index (χ4v) is 3.26. The summed E-state index contributed by atoms with van der Waals surface area (Å²) in [5, 5.41) is 25.9. The Kier molecular flexibility index (Phi) is 4.11. The molecule has 2 heterocycles. The van der Waals surface area contributed by atoms with Crippen molar-refractivity contribution in [3.8, 4) is 0 Å². The number of nitrogens with one attached hydrogen (secondary N) is 2. The standard InChI is InChI=1S/C9H15N7O3S/c1-6-9(7(2)16(13-6)3-4-17)20(18,19)10-5-8-11-14-15-12-8/h10,17H,3-5H2,1-2H3,(H,11,12,14,15). The third-order valence-electron chi connectivity index (χ3n) is 2.71. The quantitative estimate of drug-likeness (QED) is 0.589. The van der Waals surface area contributed by atoms with Crippen LogP contribution in [0.1, 0.15) is 17.2 Å². The molecule has 0 amide bonds. The molecular formula is C9H15N7O3S. The highest BCUT2D eigenvalue weighted by Gasteiger charge is 2.24. The maximum Gasteiger partial charge on any atom is 0.244 e. The van der Waals surface area contributed by atoms with E-state index in [1.807, 2.05) is 0 Å². The molecule has 0 saturated carbocycles. The van der Waals surface area contributed by atoms with E-state index in [4.69, 9.17) is 5.11 Å². The average Bonchev–Trinajstić information content (AvgIpc) is 2.97. The molecule has 0 fully saturated rings. The summed E-state index contributed by atoms with van der Waals surface area (Å²) in [6, 6.07) is 0. The Morgan fingerprint density at radius 3 is 2.75 bits per heavy atom. The summed E-state index contributed by atoms with van der Waals surface area (Å²) in [5.74, 6) is 0.242. The summed E-state index contributed by atoms with van der Waals surface area (Å²) in [6.07, 6.45) is 0. The SMILES string of the molecule is Cc1nn(CCO)c(C)c1S(=O)(=O)NCc1nn[nH]n1. The fraction of sp³-hybridized carbons (Fsp3) is 0.556. The van der Waals surface area contributed by atoms with Gasteiger partial charge in [-0.15, -0.1) is 10.2 Å². The van der Waals surface area contributed by atoms with Crippen molar-refractivity contribution in [3.63, 3.8) is 0 Å². The van der Waals surface area contributed by atoms with Crippen LogP contribution in [0.5, 0.6) is 0 Å². The van der Waals surface area contributed by atoms with Gasteiger partial charge in [0.15, 0.2) is 5.82 Å². The Morgan fingerprint density at radius 2 is 2.15 bits per heavy atom. The summed E-state index contributed by atoms with van der Waals surface area (Å²) >= 11 is 0. The largest absolute Gasteiger partial charge is 0.394 e. The number of aryl methyl sites for hydroxylation is 1. The number of aliphatic hydroxyl groups excluding tert-OH is 1. The molecule has 0 spiro atoms. The number of aliphatic hydroxyl groups is 1. The number of sulfonamides is 1. The number of H-pyrrole nitrogens is 1. The van der Waals surface area contributed by atoms with Gasteiger partial charge in [-0.2, -0.15) is 10.3 Å². The summed E-state index contributed by atoms with van der Waals surface area (Å²) in [6.45, 7) is 3.30. The van der Waals surface area contributed by atoms with Gasteiger partial charge in [-0.05, 0) is 13.8 Å². The zero-order valence-electron chi connectivity index (χ0n) is 11.0. The zero-order valence-corrected chi connectivity index (χ0v) is 11.8. The first-order chi connectivity index (χ1) is 9.45. The van der Waals surface area contributed by atoms with E-state index >= 15 is 0 Å². The molecule has 11 heteroatoms. The third-order valence-corrected chi connectivity index (χ3v) is 4.36. The molecular weight excluding hydrogens is 286 g/mol. The molecule has 2 aromatic rings. The van der Waals surface area contributed by atoms with Crippen LogP contribution in [0.15, 0.2) is 4.90 Å². The van der Waals surface area contributed by atoms with E-state index in [-0.39, 0.29) is 30.4 Å². The minimum absolute atomic E-state index is 0.0666. The first-order valence-corrected chi connectivity index (χ1v) is 7.31. The van der Waals surface area contributed by atoms with Gasteiger partial charge in [0.2, 0.25) is 10.0 Å². The second-order valence-electron chi connectivity index (χ2n) is 4.10. The van der Waals surface area contributed by atoms with E-state index in [0.29, 0.717) is 11.4 Å². The van der Waals surface area contributed by atoms with Gasteiger partial charge in [-0.25, -0.2) is 13.1 Å². The number of aromatic nitrogens is 6. The molecule has 0 aliphatic heterocycles. The molecule has 0 atom stereocenters. The lowest BCUT2D eigenvalue weighted by Gasteiger charge is -2.06. The van der Waals surface area contributed by atoms with Gasteiger partial charge in [0, 0.05) is 0 Å². The van der Waals surface area contributed by atoms with Crippen molar-refractivity contribution in [1.82, 2.24) is 35.1 Å². The number of rotatable bonds is 6. The molecule has 3 N–H and O–H groups in total. The predicted molar refractivity (Wildman–Crippen MR) is 67.0 cm³/mol. The van der Waals surface area contributed by atoms with E-state index in [9.17, 15) is 8.42 Å². The van der Waals surface area contributed by atoms with E-state index < -0.39 is 10.0 Å². The van der Waals surface area contributed by atoms with Crippen molar-refractivity contribution < 1.29 is 13.5 Å². The van der Waals surface area contributed by atoms with Crippen LogP contribution in [0.25, 0.3) is 0 Å². The van der Waals surface area contributed by atoms with Crippen molar-refractivity contribution >= 4 is 10.0 Å². The second-order valence-corrected chi connectivity index (χ2v) is 5.80. The molecule has 0 aliphatic carbocycles. The average molecular weight is 301 g/mol. The van der Waals surface area contributed by atoms with Gasteiger partial charge < -0.3 is 5.11 Å². The van der Waals surface area contributed by atoms with E-state index in [2.05, 4.69) is 30.4 Å². The molecule has 0 unspecified atom stereocenters. The van der Waals surface area contributed by atoms with Crippen LogP contribution in [0.4, 0.5) is 0 Å². The Bertz CT molecular complexity index is 677. The van der Waals surface area contributed by atoms with E-state index in [0.717, 1.165) is 0 Å². The summed E-state index contributed by atoms with van der Waals surface area (Å²) in [7, 11) is -3.73. The third kappa shape index (κ3) is 2.84. The lowest BCUT2D eigenvalue weighted by Crippen LogP contribution is -2.25. The van der Waals surface area contributed by atoms with E-state index in [1.54, 1.807) is 13.8 Å². The summed E-state index contributed by atoms with van der Waals surface area (Å²) < 4.78 is 28.4. The highest BCUT2D eigenvalue weighted by atomic mass is 32.2. The highest BCUT2D eigenvalue weighted by Crippen LogP contribution is 2.19. The van der Waals surface area contributed by atoms with Crippen LogP contribution in [-0.4, -0.2) is 50.5 Å². The minimum atomic E-state index is -3.73. The number of hydrogen-bond donors (Lipinski definition) is 3.